The van der Waals surface area contributed by atoms with E-state index in [9.17, 15) is 9.59 Å². The van der Waals surface area contributed by atoms with E-state index in [-0.39, 0.29) is 11.8 Å². The van der Waals surface area contributed by atoms with Crippen molar-refractivity contribution in [2.75, 3.05) is 24.9 Å². The van der Waals surface area contributed by atoms with Crippen LogP contribution in [0.5, 0.6) is 11.5 Å². The van der Waals surface area contributed by atoms with E-state index in [1.165, 1.54) is 14.2 Å². The van der Waals surface area contributed by atoms with E-state index in [1.807, 2.05) is 30.3 Å². The van der Waals surface area contributed by atoms with Crippen LogP contribution in [-0.4, -0.2) is 26.0 Å². The van der Waals surface area contributed by atoms with Crippen LogP contribution in [0.15, 0.2) is 72.8 Å². The molecule has 0 aromatic heterocycles. The maximum atomic E-state index is 12.7. The number of benzene rings is 3. The van der Waals surface area contributed by atoms with Crippen LogP contribution >= 0.6 is 0 Å². The van der Waals surface area contributed by atoms with Gasteiger partial charge in [0.1, 0.15) is 17.1 Å². The number of hydrogen-bond donors (Lipinski definition) is 2. The van der Waals surface area contributed by atoms with Crippen molar-refractivity contribution < 1.29 is 19.1 Å². The second kappa shape index (κ2) is 8.73. The summed E-state index contributed by atoms with van der Waals surface area (Å²) in [6.45, 7) is 0. The minimum Gasteiger partial charge on any atom is -0.496 e. The minimum absolute atomic E-state index is 0.226. The van der Waals surface area contributed by atoms with Crippen LogP contribution in [-0.2, 0) is 0 Å². The van der Waals surface area contributed by atoms with Crippen molar-refractivity contribution in [3.8, 4) is 11.5 Å². The first-order valence-electron chi connectivity index (χ1n) is 8.61. The second-order valence-electron chi connectivity index (χ2n) is 5.89. The van der Waals surface area contributed by atoms with Crippen molar-refractivity contribution in [2.24, 2.45) is 0 Å². The Morgan fingerprint density at radius 1 is 0.643 bits per heavy atom. The Hall–Kier alpha value is -3.80. The summed E-state index contributed by atoms with van der Waals surface area (Å²) in [6.07, 6.45) is 0. The van der Waals surface area contributed by atoms with Crippen molar-refractivity contribution in [2.45, 2.75) is 0 Å². The first-order chi connectivity index (χ1) is 13.6. The number of carbonyl (C=O) groups excluding carboxylic acids is 2. The van der Waals surface area contributed by atoms with Crippen molar-refractivity contribution >= 4 is 23.2 Å². The van der Waals surface area contributed by atoms with Gasteiger partial charge < -0.3 is 20.1 Å². The molecular formula is C22H20N2O4. The average Bonchev–Trinajstić information content (AvgIpc) is 2.74. The zero-order valence-electron chi connectivity index (χ0n) is 15.6. The Balaban J connectivity index is 1.73. The first-order valence-corrected chi connectivity index (χ1v) is 8.61. The summed E-state index contributed by atoms with van der Waals surface area (Å²) in [4.78, 5) is 25.0. The Morgan fingerprint density at radius 3 is 1.75 bits per heavy atom. The highest BCUT2D eigenvalue weighted by Gasteiger charge is 2.18. The van der Waals surface area contributed by atoms with E-state index >= 15 is 0 Å². The molecule has 0 heterocycles. The summed E-state index contributed by atoms with van der Waals surface area (Å²) in [5.74, 6) is 0.234. The van der Waals surface area contributed by atoms with Crippen LogP contribution in [0.1, 0.15) is 20.7 Å². The van der Waals surface area contributed by atoms with Gasteiger partial charge in [0, 0.05) is 16.9 Å². The molecule has 3 rings (SSSR count). The number of nitrogens with one attached hydrogen (secondary N) is 2. The van der Waals surface area contributed by atoms with Gasteiger partial charge in [0.05, 0.1) is 14.2 Å². The largest absolute Gasteiger partial charge is 0.496 e. The number of hydrogen-bond acceptors (Lipinski definition) is 4. The zero-order chi connectivity index (χ0) is 19.9. The molecule has 0 spiro atoms. The summed E-state index contributed by atoms with van der Waals surface area (Å²) >= 11 is 0. The molecular weight excluding hydrogens is 356 g/mol. The van der Waals surface area contributed by atoms with Gasteiger partial charge in [-0.15, -0.1) is 0 Å². The highest BCUT2D eigenvalue weighted by molar-refractivity contribution is 6.09. The zero-order valence-corrected chi connectivity index (χ0v) is 15.6. The normalized spacial score (nSPS) is 10.1. The maximum absolute atomic E-state index is 12.7. The quantitative estimate of drug-likeness (QED) is 0.676. The van der Waals surface area contributed by atoms with Gasteiger partial charge in [-0.2, -0.15) is 0 Å². The molecule has 2 N–H and O–H groups in total. The van der Waals surface area contributed by atoms with E-state index < -0.39 is 0 Å². The Labute approximate surface area is 163 Å². The molecule has 3 aromatic carbocycles. The molecule has 28 heavy (non-hydrogen) atoms. The average molecular weight is 376 g/mol. The summed E-state index contributed by atoms with van der Waals surface area (Å²) < 4.78 is 10.5. The molecule has 0 radical (unpaired) electrons. The highest BCUT2D eigenvalue weighted by Crippen LogP contribution is 2.29. The van der Waals surface area contributed by atoms with E-state index in [4.69, 9.17) is 9.47 Å². The minimum atomic E-state index is -0.365. The molecule has 0 aliphatic rings. The van der Waals surface area contributed by atoms with Gasteiger partial charge in [0.2, 0.25) is 0 Å². The van der Waals surface area contributed by atoms with Crippen LogP contribution < -0.4 is 20.1 Å². The Morgan fingerprint density at radius 2 is 1.18 bits per heavy atom. The molecule has 142 valence electrons. The van der Waals surface area contributed by atoms with Crippen LogP contribution in [0, 0.1) is 0 Å². The molecule has 2 amide bonds. The van der Waals surface area contributed by atoms with E-state index in [0.717, 1.165) is 0 Å². The number of methoxy groups -OCH3 is 2. The summed E-state index contributed by atoms with van der Waals surface area (Å²) in [6, 6.07) is 20.9. The monoisotopic (exact) mass is 376 g/mol. The lowest BCUT2D eigenvalue weighted by molar-refractivity contribution is 0.101. The fraction of sp³-hybridized carbons (Fsp3) is 0.0909. The third-order valence-corrected chi connectivity index (χ3v) is 4.09. The van der Waals surface area contributed by atoms with Gasteiger partial charge in [-0.05, 0) is 48.5 Å². The van der Waals surface area contributed by atoms with Gasteiger partial charge in [-0.1, -0.05) is 24.3 Å². The first kappa shape index (κ1) is 19.0. The lowest BCUT2D eigenvalue weighted by Gasteiger charge is -2.13. The lowest BCUT2D eigenvalue weighted by Crippen LogP contribution is -2.15. The fourth-order valence-corrected chi connectivity index (χ4v) is 2.70. The third-order valence-electron chi connectivity index (χ3n) is 4.09. The molecule has 0 fully saturated rings. The van der Waals surface area contributed by atoms with Gasteiger partial charge in [-0.3, -0.25) is 9.59 Å². The fourth-order valence-electron chi connectivity index (χ4n) is 2.70. The smallest absolute Gasteiger partial charge is 0.263 e. The highest BCUT2D eigenvalue weighted by atomic mass is 16.5. The van der Waals surface area contributed by atoms with Crippen molar-refractivity contribution in [1.29, 1.82) is 0 Å². The Bertz CT molecular complexity index is 947. The third kappa shape index (κ3) is 4.29. The predicted octanol–water partition coefficient (Wildman–Crippen LogP) is 4.21. The van der Waals surface area contributed by atoms with Crippen molar-refractivity contribution in [3.05, 3.63) is 83.9 Å². The van der Waals surface area contributed by atoms with Crippen molar-refractivity contribution in [1.82, 2.24) is 0 Å². The molecule has 3 aromatic rings. The summed E-state index contributed by atoms with van der Waals surface area (Å²) in [5.41, 5.74) is 2.05. The number of anilines is 2. The van der Waals surface area contributed by atoms with Crippen LogP contribution in [0.3, 0.4) is 0 Å². The predicted molar refractivity (Wildman–Crippen MR) is 108 cm³/mol. The van der Waals surface area contributed by atoms with Crippen LogP contribution in [0.4, 0.5) is 11.4 Å². The van der Waals surface area contributed by atoms with E-state index in [0.29, 0.717) is 34.0 Å². The number of amides is 2. The topological polar surface area (TPSA) is 76.7 Å². The molecule has 6 nitrogen and oxygen atoms in total. The van der Waals surface area contributed by atoms with E-state index in [2.05, 4.69) is 10.6 Å². The maximum Gasteiger partial charge on any atom is 0.263 e. The molecule has 0 saturated heterocycles. The number of ether oxygens (including phenoxy) is 2. The van der Waals surface area contributed by atoms with Crippen molar-refractivity contribution in [3.63, 3.8) is 0 Å². The van der Waals surface area contributed by atoms with Gasteiger partial charge in [0.25, 0.3) is 11.8 Å². The molecule has 0 aliphatic heterocycles. The SMILES string of the molecule is COc1cccc(OC)c1C(=O)Nc1ccc(C(=O)Nc2ccccc2)cc1. The number of carbonyl (C=O) groups is 2. The van der Waals surface area contributed by atoms with E-state index in [1.54, 1.807) is 42.5 Å². The Kier molecular flexibility index (Phi) is 5.91. The van der Waals surface area contributed by atoms with Gasteiger partial charge in [0.15, 0.2) is 0 Å². The molecule has 0 saturated carbocycles. The summed E-state index contributed by atoms with van der Waals surface area (Å²) in [5, 5.41) is 5.61. The number of para-hydroxylation sites is 1. The standard InChI is InChI=1S/C22H20N2O4/c1-27-18-9-6-10-19(28-2)20(18)22(26)24-17-13-11-15(12-14-17)21(25)23-16-7-4-3-5-8-16/h3-14H,1-2H3,(H,23,25)(H,24,26). The molecule has 0 bridgehead atoms. The molecule has 0 atom stereocenters. The molecule has 0 unspecified atom stereocenters. The van der Waals surface area contributed by atoms with Gasteiger partial charge in [-0.25, -0.2) is 0 Å². The van der Waals surface area contributed by atoms with Crippen LogP contribution in [0.2, 0.25) is 0 Å². The second-order valence-corrected chi connectivity index (χ2v) is 5.89. The molecule has 6 heteroatoms. The lowest BCUT2D eigenvalue weighted by atomic mass is 10.1. The number of rotatable bonds is 6. The van der Waals surface area contributed by atoms with Crippen LogP contribution in [0.25, 0.3) is 0 Å². The van der Waals surface area contributed by atoms with Gasteiger partial charge >= 0.3 is 0 Å². The molecule has 0 aliphatic carbocycles. The summed E-state index contributed by atoms with van der Waals surface area (Å²) in [7, 11) is 2.98.